The van der Waals surface area contributed by atoms with Crippen LogP contribution in [-0.4, -0.2) is 23.8 Å². The largest absolute Gasteiger partial charge is 0.497 e. The minimum Gasteiger partial charge on any atom is -0.497 e. The summed E-state index contributed by atoms with van der Waals surface area (Å²) >= 11 is 0. The first kappa shape index (κ1) is 16.3. The number of hydrogen-bond donors (Lipinski definition) is 1. The molecule has 0 atom stereocenters. The highest BCUT2D eigenvalue weighted by molar-refractivity contribution is 5.75. The molecule has 0 spiro atoms. The van der Waals surface area contributed by atoms with E-state index in [2.05, 4.69) is 35.0 Å². The summed E-state index contributed by atoms with van der Waals surface area (Å²) in [5.74, 6) is 2.65. The van der Waals surface area contributed by atoms with Gasteiger partial charge in [0.05, 0.1) is 31.8 Å². The fraction of sp³-hybridized carbons (Fsp3) is 0.316. The fourth-order valence-corrected chi connectivity index (χ4v) is 2.90. The number of aromatic nitrogens is 2. The zero-order chi connectivity index (χ0) is 16.9. The standard InChI is InChI=1S/C19H23N3O2/c1-4-22-18-8-6-5-7-17(18)21-19(22)13-20-12-14-9-15(23-2)11-16(10-14)24-3/h5-11,20H,4,12-13H2,1-3H3. The molecule has 0 amide bonds. The number of benzene rings is 2. The van der Waals surface area contributed by atoms with Crippen LogP contribution in [0.3, 0.4) is 0 Å². The molecule has 24 heavy (non-hydrogen) atoms. The van der Waals surface area contributed by atoms with Crippen LogP contribution < -0.4 is 14.8 Å². The van der Waals surface area contributed by atoms with Gasteiger partial charge in [-0.25, -0.2) is 4.98 Å². The molecule has 0 aliphatic rings. The van der Waals surface area contributed by atoms with Gasteiger partial charge < -0.3 is 19.4 Å². The summed E-state index contributed by atoms with van der Waals surface area (Å²) in [5.41, 5.74) is 3.34. The molecule has 5 nitrogen and oxygen atoms in total. The van der Waals surface area contributed by atoms with Crippen molar-refractivity contribution in [3.05, 3.63) is 53.9 Å². The highest BCUT2D eigenvalue weighted by atomic mass is 16.5. The number of hydrogen-bond acceptors (Lipinski definition) is 4. The third kappa shape index (κ3) is 3.36. The van der Waals surface area contributed by atoms with Crippen molar-refractivity contribution >= 4 is 11.0 Å². The van der Waals surface area contributed by atoms with Crippen LogP contribution in [0.25, 0.3) is 11.0 Å². The van der Waals surface area contributed by atoms with Gasteiger partial charge in [-0.3, -0.25) is 0 Å². The Hall–Kier alpha value is -2.53. The van der Waals surface area contributed by atoms with Crippen LogP contribution in [0.2, 0.25) is 0 Å². The molecule has 1 heterocycles. The number of aryl methyl sites for hydroxylation is 1. The Morgan fingerprint density at radius 3 is 2.38 bits per heavy atom. The number of methoxy groups -OCH3 is 2. The number of imidazole rings is 1. The fourth-order valence-electron chi connectivity index (χ4n) is 2.90. The molecule has 3 rings (SSSR count). The number of nitrogens with one attached hydrogen (secondary N) is 1. The quantitative estimate of drug-likeness (QED) is 0.723. The Labute approximate surface area is 142 Å². The van der Waals surface area contributed by atoms with Gasteiger partial charge in [-0.1, -0.05) is 12.1 Å². The van der Waals surface area contributed by atoms with E-state index in [1.54, 1.807) is 14.2 Å². The lowest BCUT2D eigenvalue weighted by atomic mass is 10.2. The number of nitrogens with zero attached hydrogens (tertiary/aromatic N) is 2. The van der Waals surface area contributed by atoms with Gasteiger partial charge in [-0.15, -0.1) is 0 Å². The van der Waals surface area contributed by atoms with Crippen LogP contribution in [0.4, 0.5) is 0 Å². The normalized spacial score (nSPS) is 11.0. The van der Waals surface area contributed by atoms with Crippen molar-refractivity contribution in [2.45, 2.75) is 26.6 Å². The van der Waals surface area contributed by atoms with E-state index in [1.807, 2.05) is 24.3 Å². The molecule has 1 aromatic heterocycles. The molecule has 2 aromatic carbocycles. The van der Waals surface area contributed by atoms with Gasteiger partial charge >= 0.3 is 0 Å². The zero-order valence-corrected chi connectivity index (χ0v) is 14.4. The monoisotopic (exact) mass is 325 g/mol. The van der Waals surface area contributed by atoms with Crippen molar-refractivity contribution in [3.63, 3.8) is 0 Å². The SMILES string of the molecule is CCn1c(CNCc2cc(OC)cc(OC)c2)nc2ccccc21. The maximum atomic E-state index is 5.31. The van der Waals surface area contributed by atoms with Crippen LogP contribution >= 0.6 is 0 Å². The Morgan fingerprint density at radius 2 is 1.71 bits per heavy atom. The zero-order valence-electron chi connectivity index (χ0n) is 14.4. The molecule has 0 aliphatic carbocycles. The topological polar surface area (TPSA) is 48.3 Å². The summed E-state index contributed by atoms with van der Waals surface area (Å²) in [6.07, 6.45) is 0. The number of rotatable bonds is 7. The smallest absolute Gasteiger partial charge is 0.123 e. The molecule has 0 radical (unpaired) electrons. The summed E-state index contributed by atoms with van der Waals surface area (Å²) in [7, 11) is 3.32. The maximum Gasteiger partial charge on any atom is 0.123 e. The second kappa shape index (κ2) is 7.36. The first-order chi connectivity index (χ1) is 11.7. The first-order valence-electron chi connectivity index (χ1n) is 8.12. The predicted molar refractivity (Wildman–Crippen MR) is 95.5 cm³/mol. The average molecular weight is 325 g/mol. The van der Waals surface area contributed by atoms with E-state index in [-0.39, 0.29) is 0 Å². The number of para-hydroxylation sites is 2. The highest BCUT2D eigenvalue weighted by Crippen LogP contribution is 2.22. The molecular formula is C19H23N3O2. The molecule has 126 valence electrons. The van der Waals surface area contributed by atoms with Gasteiger partial charge in [-0.05, 0) is 36.8 Å². The van der Waals surface area contributed by atoms with Gasteiger partial charge in [0.2, 0.25) is 0 Å². The van der Waals surface area contributed by atoms with Crippen molar-refractivity contribution in [2.24, 2.45) is 0 Å². The third-order valence-corrected chi connectivity index (χ3v) is 4.07. The van der Waals surface area contributed by atoms with E-state index in [4.69, 9.17) is 14.5 Å². The lowest BCUT2D eigenvalue weighted by Gasteiger charge is -2.10. The van der Waals surface area contributed by atoms with Gasteiger partial charge in [0.15, 0.2) is 0 Å². The lowest BCUT2D eigenvalue weighted by molar-refractivity contribution is 0.393. The molecule has 5 heteroatoms. The number of fused-ring (bicyclic) bond motifs is 1. The Kier molecular flexibility index (Phi) is 5.01. The van der Waals surface area contributed by atoms with E-state index in [9.17, 15) is 0 Å². The predicted octanol–water partition coefficient (Wildman–Crippen LogP) is 3.36. The van der Waals surface area contributed by atoms with Crippen LogP contribution in [0.5, 0.6) is 11.5 Å². The minimum absolute atomic E-state index is 0.710. The summed E-state index contributed by atoms with van der Waals surface area (Å²) in [5, 5.41) is 3.46. The van der Waals surface area contributed by atoms with E-state index in [0.717, 1.165) is 41.5 Å². The highest BCUT2D eigenvalue weighted by Gasteiger charge is 2.09. The van der Waals surface area contributed by atoms with Gasteiger partial charge in [0.25, 0.3) is 0 Å². The Morgan fingerprint density at radius 1 is 1.00 bits per heavy atom. The molecule has 1 N–H and O–H groups in total. The summed E-state index contributed by atoms with van der Waals surface area (Å²) in [6.45, 7) is 4.48. The average Bonchev–Trinajstić information content (AvgIpc) is 2.98. The molecule has 0 fully saturated rings. The second-order valence-electron chi connectivity index (χ2n) is 5.59. The number of ether oxygens (including phenoxy) is 2. The van der Waals surface area contributed by atoms with Crippen LogP contribution in [0.15, 0.2) is 42.5 Å². The van der Waals surface area contributed by atoms with Crippen LogP contribution in [-0.2, 0) is 19.6 Å². The van der Waals surface area contributed by atoms with Gasteiger partial charge in [0.1, 0.15) is 17.3 Å². The van der Waals surface area contributed by atoms with E-state index < -0.39 is 0 Å². The van der Waals surface area contributed by atoms with E-state index in [0.29, 0.717) is 6.54 Å². The summed E-state index contributed by atoms with van der Waals surface area (Å²) < 4.78 is 12.9. The maximum absolute atomic E-state index is 5.31. The van der Waals surface area contributed by atoms with Crippen LogP contribution in [0, 0.1) is 0 Å². The summed E-state index contributed by atoms with van der Waals surface area (Å²) in [4.78, 5) is 4.73. The first-order valence-corrected chi connectivity index (χ1v) is 8.12. The van der Waals surface area contributed by atoms with Crippen molar-refractivity contribution in [1.82, 2.24) is 14.9 Å². The van der Waals surface area contributed by atoms with Crippen molar-refractivity contribution in [1.29, 1.82) is 0 Å². The molecule has 0 unspecified atom stereocenters. The molecule has 0 saturated carbocycles. The molecule has 0 aliphatic heterocycles. The van der Waals surface area contributed by atoms with Crippen LogP contribution in [0.1, 0.15) is 18.3 Å². The third-order valence-electron chi connectivity index (χ3n) is 4.07. The molecule has 3 aromatic rings. The van der Waals surface area contributed by atoms with Gasteiger partial charge in [0, 0.05) is 19.2 Å². The molecular weight excluding hydrogens is 302 g/mol. The van der Waals surface area contributed by atoms with Crippen molar-refractivity contribution < 1.29 is 9.47 Å². The van der Waals surface area contributed by atoms with Crippen molar-refractivity contribution in [3.8, 4) is 11.5 Å². The van der Waals surface area contributed by atoms with E-state index >= 15 is 0 Å². The lowest BCUT2D eigenvalue weighted by Crippen LogP contribution is -2.16. The van der Waals surface area contributed by atoms with E-state index in [1.165, 1.54) is 5.52 Å². The van der Waals surface area contributed by atoms with Crippen molar-refractivity contribution in [2.75, 3.05) is 14.2 Å². The minimum atomic E-state index is 0.710. The summed E-state index contributed by atoms with van der Waals surface area (Å²) in [6, 6.07) is 14.1. The molecule has 0 saturated heterocycles. The second-order valence-corrected chi connectivity index (χ2v) is 5.59. The Balaban J connectivity index is 1.73. The molecule has 0 bridgehead atoms. The van der Waals surface area contributed by atoms with Gasteiger partial charge in [-0.2, -0.15) is 0 Å². The Bertz CT molecular complexity index is 804.